The van der Waals surface area contributed by atoms with Crippen LogP contribution in [-0.4, -0.2) is 205 Å². The zero-order chi connectivity index (χ0) is 66.4. The fraction of sp³-hybridized carbons (Fsp3) is 0.603. The highest BCUT2D eigenvalue weighted by atomic mass is 16.6. The molecule has 8 bridgehead atoms. The molecule has 97 heavy (non-hydrogen) atoms. The number of hydrogen-bond donors (Lipinski definition) is 4. The summed E-state index contributed by atoms with van der Waals surface area (Å²) in [5.41, 5.74) is 6.16. The van der Waals surface area contributed by atoms with Gasteiger partial charge in [-0.1, -0.05) is 30.3 Å². The van der Waals surface area contributed by atoms with E-state index in [0.717, 1.165) is 142 Å². The van der Waals surface area contributed by atoms with Crippen LogP contribution in [0.2, 0.25) is 0 Å². The summed E-state index contributed by atoms with van der Waals surface area (Å²) in [6.45, 7) is 5.92. The first-order valence-corrected chi connectivity index (χ1v) is 36.1. The van der Waals surface area contributed by atoms with Crippen LogP contribution in [0.4, 0.5) is 0 Å². The van der Waals surface area contributed by atoms with E-state index in [1.165, 1.54) is 53.5 Å². The van der Waals surface area contributed by atoms with Gasteiger partial charge >= 0.3 is 0 Å². The molecule has 8 aliphatic heterocycles. The first kappa shape index (κ1) is 61.4. The van der Waals surface area contributed by atoms with Gasteiger partial charge in [-0.3, -0.25) is 29.1 Å². The van der Waals surface area contributed by atoms with E-state index in [-0.39, 0.29) is 52.7 Å². The van der Waals surface area contributed by atoms with Gasteiger partial charge in [0.15, 0.2) is 87.8 Å². The second kappa shape index (κ2) is 20.9. The van der Waals surface area contributed by atoms with Crippen LogP contribution in [0.1, 0.15) is 134 Å². The Labute approximate surface area is 565 Å². The third-order valence-corrected chi connectivity index (χ3v) is 28.2. The molecule has 512 valence electrons. The predicted octanol–water partition coefficient (Wildman–Crippen LogP) is 6.83. The highest BCUT2D eigenvalue weighted by molar-refractivity contribution is 5.92. The molecular weight excluding hydrogens is 1230 g/mol. The molecule has 9 fully saturated rings. The summed E-state index contributed by atoms with van der Waals surface area (Å²) >= 11 is 0. The number of aliphatic hydroxyl groups is 3. The number of ketones is 3. The molecule has 8 heterocycles. The number of nitrogens with zero attached hydrogens (tertiary/aromatic N) is 4. The highest BCUT2D eigenvalue weighted by Crippen LogP contribution is 2.69. The Morgan fingerprint density at radius 2 is 0.866 bits per heavy atom. The SMILES string of the molecule is COC1=CC=C2C3Cc4ccc(OC)c5c4[C@@]2(CCN3C)C1O5.COc1ccc2c3c1OC1C(=O)CCC4(O)C(C2)N(C)CC[C@]314.COc1ccc2c3c1OC1C(=O)CCC4(O)C(C2)N(CC2CC2)CC[C@]314.O=C1CC[C@@]2(O)C3Cc4ccc(O)c5c4[C@@]2(CCN3CC2CC2)C1O5. The molecule has 0 aromatic heterocycles. The van der Waals surface area contributed by atoms with Crippen molar-refractivity contribution in [2.24, 2.45) is 11.8 Å². The van der Waals surface area contributed by atoms with E-state index < -0.39 is 51.4 Å². The number of ether oxygens (including phenoxy) is 8. The molecule has 0 radical (unpaired) electrons. The van der Waals surface area contributed by atoms with E-state index >= 15 is 0 Å². The molecule has 5 saturated carbocycles. The molecule has 4 N–H and O–H groups in total. The fourth-order valence-corrected chi connectivity index (χ4v) is 23.5. The molecule has 19 nitrogen and oxygen atoms in total. The molecule has 19 heteroatoms. The van der Waals surface area contributed by atoms with Crippen LogP contribution in [0, 0.1) is 11.8 Å². The van der Waals surface area contributed by atoms with Crippen molar-refractivity contribution in [3.8, 4) is 46.0 Å². The molecule has 4 spiro atoms. The van der Waals surface area contributed by atoms with Crippen LogP contribution >= 0.6 is 0 Å². The summed E-state index contributed by atoms with van der Waals surface area (Å²) in [6.07, 6.45) is 17.3. The summed E-state index contributed by atoms with van der Waals surface area (Å²) < 4.78 is 47.2. The third kappa shape index (κ3) is 7.70. The topological polar surface area (TPSA) is 219 Å². The Balaban J connectivity index is 0.0000000910. The second-order valence-electron chi connectivity index (χ2n) is 32.0. The lowest BCUT2D eigenvalue weighted by Crippen LogP contribution is -2.76. The number of methoxy groups -OCH3 is 4. The number of allylic oxidation sites excluding steroid dienone is 2. The maximum Gasteiger partial charge on any atom is 0.174 e. The van der Waals surface area contributed by atoms with E-state index in [1.54, 1.807) is 34.5 Å². The molecule has 10 unspecified atom stereocenters. The van der Waals surface area contributed by atoms with Crippen molar-refractivity contribution in [3.63, 3.8) is 0 Å². The molecule has 4 aromatic rings. The smallest absolute Gasteiger partial charge is 0.174 e. The molecule has 10 aliphatic carbocycles. The lowest BCUT2D eigenvalue weighted by Gasteiger charge is -2.62. The standard InChI is InChI=1S/C21H25NO4.C20H23NO4.C19H21NO3.C18H21NO4/c1-25-15-5-4-13-10-16-21(24)7-6-14(23)19-20(21,17(13)18(15)26-19)8-9-22(16)11-12-2-3-12;22-13-4-3-12-9-15-20(24)6-5-14(23)18-19(20,16(12)17(13)25-18)7-8-21(15)10-11-1-2-11;1-20-9-8-19-12-5-7-15(22-3)18(19)23-17-14(21-2)6-4-11(16(17)19)10-13(12)20;1-19-8-7-17-14-10-3-4-12(22-2)15(14)23-16(17)11(20)5-6-18(17,21)13(19)9-10/h4-5,12,16,19,24H,2-3,6-11H2,1H3;3-4,11,15,18,22,24H,1-2,5-10H2;4-7,13,18H,8-10H2,1-3H3;3-4,13,16,21H,5-9H2,1-2H3/t16?,19?,20-,21?;15?,18?,19-,20+;13?,18?,19-;13?,16?,17-,18?/m0000/s1. The van der Waals surface area contributed by atoms with Crippen molar-refractivity contribution in [1.29, 1.82) is 0 Å². The lowest BCUT2D eigenvalue weighted by molar-refractivity contribution is -0.188. The number of phenolic OH excluding ortho intramolecular Hbond substituents is 1. The van der Waals surface area contributed by atoms with Crippen LogP contribution in [0.5, 0.6) is 46.0 Å². The largest absolute Gasteiger partial charge is 0.504 e. The quantitative estimate of drug-likeness (QED) is 0.142. The Morgan fingerprint density at radius 1 is 0.454 bits per heavy atom. The van der Waals surface area contributed by atoms with Crippen molar-refractivity contribution in [2.45, 2.75) is 203 Å². The van der Waals surface area contributed by atoms with Gasteiger partial charge < -0.3 is 63.2 Å². The number of Topliss-reactive ketones (excluding diaryl/α,β-unsaturated/α-hetero) is 3. The van der Waals surface area contributed by atoms with E-state index in [9.17, 15) is 34.8 Å². The molecule has 4 aromatic carbocycles. The first-order chi connectivity index (χ1) is 46.9. The monoisotopic (exact) mass is 1320 g/mol. The number of phenols is 1. The summed E-state index contributed by atoms with van der Waals surface area (Å²) in [7, 11) is 11.0. The average Bonchev–Trinajstić information content (AvgIpc) is 1.57. The van der Waals surface area contributed by atoms with Gasteiger partial charge in [-0.15, -0.1) is 0 Å². The van der Waals surface area contributed by atoms with Crippen LogP contribution in [0.25, 0.3) is 0 Å². The van der Waals surface area contributed by atoms with E-state index in [4.69, 9.17) is 37.9 Å². The minimum atomic E-state index is -0.940. The number of aromatic hydroxyl groups is 1. The van der Waals surface area contributed by atoms with Gasteiger partial charge in [0.2, 0.25) is 0 Å². The van der Waals surface area contributed by atoms with Crippen molar-refractivity contribution < 1.29 is 72.7 Å². The molecular formula is C78H90N4O15. The van der Waals surface area contributed by atoms with Crippen molar-refractivity contribution in [3.05, 3.63) is 117 Å². The number of likely N-dealkylation sites (N-methyl/N-ethyl adjacent to an activating group) is 2. The third-order valence-electron chi connectivity index (χ3n) is 28.2. The summed E-state index contributed by atoms with van der Waals surface area (Å²) in [4.78, 5) is 47.9. The Morgan fingerprint density at radius 3 is 1.35 bits per heavy atom. The lowest BCUT2D eigenvalue weighted by atomic mass is 9.49. The number of carbonyl (C=O) groups excluding carboxylic acids is 3. The van der Waals surface area contributed by atoms with Gasteiger partial charge in [-0.05, 0) is 207 Å². The second-order valence-corrected chi connectivity index (χ2v) is 32.0. The van der Waals surface area contributed by atoms with E-state index in [2.05, 4.69) is 64.0 Å². The van der Waals surface area contributed by atoms with Crippen LogP contribution in [0.15, 0.2) is 72.0 Å². The number of likely N-dealkylation sites (tertiary alicyclic amines) is 4. The van der Waals surface area contributed by atoms with Crippen molar-refractivity contribution >= 4 is 17.3 Å². The van der Waals surface area contributed by atoms with E-state index in [1.807, 2.05) is 24.3 Å². The van der Waals surface area contributed by atoms with Crippen molar-refractivity contribution in [1.82, 2.24) is 19.6 Å². The Kier molecular flexibility index (Phi) is 13.3. The van der Waals surface area contributed by atoms with Gasteiger partial charge in [0.25, 0.3) is 0 Å². The van der Waals surface area contributed by atoms with E-state index in [0.29, 0.717) is 73.3 Å². The van der Waals surface area contributed by atoms with Gasteiger partial charge in [0.05, 0.1) is 66.9 Å². The molecule has 18 aliphatic rings. The molecule has 0 amide bonds. The maximum absolute atomic E-state index is 12.8. The normalized spacial score (nSPS) is 39.0. The number of benzene rings is 4. The first-order valence-electron chi connectivity index (χ1n) is 36.1. The maximum atomic E-state index is 12.8. The van der Waals surface area contributed by atoms with Gasteiger partial charge in [0.1, 0.15) is 5.76 Å². The number of hydrogen-bond acceptors (Lipinski definition) is 19. The molecule has 22 rings (SSSR count). The minimum Gasteiger partial charge on any atom is -0.504 e. The van der Waals surface area contributed by atoms with Gasteiger partial charge in [-0.2, -0.15) is 0 Å². The molecule has 4 saturated heterocycles. The van der Waals surface area contributed by atoms with Crippen molar-refractivity contribution in [2.75, 3.05) is 81.8 Å². The van der Waals surface area contributed by atoms with Gasteiger partial charge in [-0.25, -0.2) is 0 Å². The van der Waals surface area contributed by atoms with Crippen LogP contribution in [0.3, 0.4) is 0 Å². The zero-order valence-corrected chi connectivity index (χ0v) is 56.6. The summed E-state index contributed by atoms with van der Waals surface area (Å²) in [5.74, 6) is 7.85. The summed E-state index contributed by atoms with van der Waals surface area (Å²) in [6, 6.07) is 16.6. The van der Waals surface area contributed by atoms with Gasteiger partial charge in [0, 0.05) is 78.8 Å². The fourth-order valence-electron chi connectivity index (χ4n) is 23.5. The molecule has 15 atom stereocenters. The number of piperidine rings is 4. The summed E-state index contributed by atoms with van der Waals surface area (Å²) in [5, 5.41) is 46.1. The van der Waals surface area contributed by atoms with Crippen LogP contribution in [-0.2, 0) is 66.5 Å². The predicted molar refractivity (Wildman–Crippen MR) is 355 cm³/mol. The average molecular weight is 1320 g/mol. The van der Waals surface area contributed by atoms with Crippen LogP contribution < -0.4 is 33.2 Å². The Hall–Kier alpha value is -6.71. The minimum absolute atomic E-state index is 0.0438. The highest BCUT2D eigenvalue weighted by Gasteiger charge is 2.77. The Bertz CT molecular complexity index is 4160. The number of carbonyl (C=O) groups is 3. The number of rotatable bonds is 8. The zero-order valence-electron chi connectivity index (χ0n) is 56.6.